The third-order valence-electron chi connectivity index (χ3n) is 3.87. The lowest BCUT2D eigenvalue weighted by atomic mass is 10.1. The fourth-order valence-corrected chi connectivity index (χ4v) is 3.40. The molecule has 5 heteroatoms. The van der Waals surface area contributed by atoms with Crippen molar-refractivity contribution in [1.82, 2.24) is 4.68 Å². The minimum Gasteiger partial charge on any atom is -0.508 e. The van der Waals surface area contributed by atoms with Gasteiger partial charge in [0.05, 0.1) is 18.0 Å². The summed E-state index contributed by atoms with van der Waals surface area (Å²) in [7, 11) is 0. The summed E-state index contributed by atoms with van der Waals surface area (Å²) in [6, 6.07) is 17.3. The van der Waals surface area contributed by atoms with Crippen LogP contribution in [0.2, 0.25) is 0 Å². The van der Waals surface area contributed by atoms with Gasteiger partial charge in [-0.15, -0.1) is 17.9 Å². The maximum atomic E-state index is 9.53. The number of thiazole rings is 1. The zero-order valence-corrected chi connectivity index (χ0v) is 15.5. The molecular formula is C21H21N3OS. The minimum absolute atomic E-state index is 0.249. The van der Waals surface area contributed by atoms with Crippen molar-refractivity contribution in [2.75, 3.05) is 6.54 Å². The van der Waals surface area contributed by atoms with Gasteiger partial charge in [0, 0.05) is 10.9 Å². The Hall–Kier alpha value is -2.92. The van der Waals surface area contributed by atoms with Crippen molar-refractivity contribution in [3.8, 4) is 17.0 Å². The quantitative estimate of drug-likeness (QED) is 0.502. The number of nitrogens with zero attached hydrogens (tertiary/aromatic N) is 3. The number of hydrogen-bond donors (Lipinski definition) is 1. The van der Waals surface area contributed by atoms with Crippen LogP contribution in [-0.2, 0) is 0 Å². The van der Waals surface area contributed by atoms with Crippen LogP contribution in [0.15, 0.2) is 82.7 Å². The minimum atomic E-state index is 0.249. The number of hydrogen-bond acceptors (Lipinski definition) is 4. The van der Waals surface area contributed by atoms with E-state index < -0.39 is 0 Å². The Morgan fingerprint density at radius 2 is 1.88 bits per heavy atom. The summed E-state index contributed by atoms with van der Waals surface area (Å²) in [4.78, 5) is 5.41. The predicted octanol–water partition coefficient (Wildman–Crippen LogP) is 4.67. The number of phenols is 1. The molecule has 0 aliphatic rings. The van der Waals surface area contributed by atoms with Crippen molar-refractivity contribution in [2.24, 2.45) is 10.1 Å². The van der Waals surface area contributed by atoms with E-state index in [0.29, 0.717) is 6.54 Å². The maximum Gasteiger partial charge on any atom is 0.206 e. The number of benzene rings is 2. The van der Waals surface area contributed by atoms with Crippen LogP contribution in [0.3, 0.4) is 0 Å². The van der Waals surface area contributed by atoms with Gasteiger partial charge >= 0.3 is 0 Å². The van der Waals surface area contributed by atoms with Gasteiger partial charge in [-0.2, -0.15) is 5.10 Å². The van der Waals surface area contributed by atoms with Crippen LogP contribution in [0.4, 0.5) is 0 Å². The molecule has 1 N–H and O–H groups in total. The molecule has 0 atom stereocenters. The molecule has 0 aliphatic carbocycles. The maximum absolute atomic E-state index is 9.53. The topological polar surface area (TPSA) is 49.9 Å². The average molecular weight is 363 g/mol. The SMILES string of the molecule is C=CCN=c1scc(-c2ccccc2)n1N=C(CC)c1ccc(O)cc1. The Bertz CT molecular complexity index is 966. The molecule has 0 saturated heterocycles. The normalized spacial score (nSPS) is 12.3. The number of aromatic hydroxyl groups is 1. The van der Waals surface area contributed by atoms with E-state index in [4.69, 9.17) is 5.10 Å². The summed E-state index contributed by atoms with van der Waals surface area (Å²) in [5.41, 5.74) is 4.01. The number of rotatable bonds is 6. The summed E-state index contributed by atoms with van der Waals surface area (Å²) in [6.45, 7) is 6.36. The number of phenolic OH excluding ortho intramolecular Hbond substituents is 1. The molecule has 1 aromatic heterocycles. The molecule has 0 bridgehead atoms. The second-order valence-electron chi connectivity index (χ2n) is 5.66. The second-order valence-corrected chi connectivity index (χ2v) is 6.49. The van der Waals surface area contributed by atoms with Crippen LogP contribution >= 0.6 is 11.3 Å². The van der Waals surface area contributed by atoms with Crippen molar-refractivity contribution in [3.63, 3.8) is 0 Å². The third kappa shape index (κ3) is 4.00. The molecule has 0 unspecified atom stereocenters. The molecule has 26 heavy (non-hydrogen) atoms. The van der Waals surface area contributed by atoms with Crippen molar-refractivity contribution < 1.29 is 5.11 Å². The van der Waals surface area contributed by atoms with Crippen molar-refractivity contribution in [2.45, 2.75) is 13.3 Å². The van der Waals surface area contributed by atoms with E-state index in [1.54, 1.807) is 29.5 Å². The molecule has 0 aliphatic heterocycles. The summed E-state index contributed by atoms with van der Waals surface area (Å²) >= 11 is 1.56. The van der Waals surface area contributed by atoms with Gasteiger partial charge in [0.2, 0.25) is 4.80 Å². The van der Waals surface area contributed by atoms with Gasteiger partial charge in [-0.25, -0.2) is 4.68 Å². The second kappa shape index (κ2) is 8.45. The van der Waals surface area contributed by atoms with E-state index in [2.05, 4.69) is 36.0 Å². The highest BCUT2D eigenvalue weighted by Gasteiger charge is 2.09. The van der Waals surface area contributed by atoms with E-state index in [1.807, 2.05) is 35.0 Å². The van der Waals surface area contributed by atoms with Crippen LogP contribution < -0.4 is 4.80 Å². The molecule has 2 aromatic carbocycles. The molecule has 1 heterocycles. The Morgan fingerprint density at radius 1 is 1.15 bits per heavy atom. The van der Waals surface area contributed by atoms with Crippen molar-refractivity contribution >= 4 is 17.0 Å². The molecule has 132 valence electrons. The largest absolute Gasteiger partial charge is 0.508 e. The van der Waals surface area contributed by atoms with Crippen LogP contribution in [0, 0.1) is 0 Å². The molecule has 3 aromatic rings. The lowest BCUT2D eigenvalue weighted by Crippen LogP contribution is -2.15. The summed E-state index contributed by atoms with van der Waals surface area (Å²) in [5.74, 6) is 0.249. The summed E-state index contributed by atoms with van der Waals surface area (Å²) in [5, 5.41) is 16.5. The van der Waals surface area contributed by atoms with E-state index in [1.165, 1.54) is 0 Å². The van der Waals surface area contributed by atoms with Gasteiger partial charge in [-0.1, -0.05) is 43.3 Å². The number of aromatic nitrogens is 1. The van der Waals surface area contributed by atoms with Crippen LogP contribution in [0.1, 0.15) is 18.9 Å². The van der Waals surface area contributed by atoms with Crippen molar-refractivity contribution in [1.29, 1.82) is 0 Å². The average Bonchev–Trinajstić information content (AvgIpc) is 3.08. The third-order valence-corrected chi connectivity index (χ3v) is 4.72. The van der Waals surface area contributed by atoms with Gasteiger partial charge in [0.1, 0.15) is 5.75 Å². The highest BCUT2D eigenvalue weighted by atomic mass is 32.1. The molecule has 0 fully saturated rings. The zero-order chi connectivity index (χ0) is 18.4. The van der Waals surface area contributed by atoms with E-state index >= 15 is 0 Å². The van der Waals surface area contributed by atoms with Crippen molar-refractivity contribution in [3.05, 3.63) is 83.0 Å². The van der Waals surface area contributed by atoms with Gasteiger partial charge < -0.3 is 5.11 Å². The van der Waals surface area contributed by atoms with Gasteiger partial charge in [0.15, 0.2) is 0 Å². The van der Waals surface area contributed by atoms with Gasteiger partial charge in [-0.3, -0.25) is 4.99 Å². The first-order chi connectivity index (χ1) is 12.7. The Balaban J connectivity index is 2.16. The molecule has 0 amide bonds. The highest BCUT2D eigenvalue weighted by Crippen LogP contribution is 2.20. The van der Waals surface area contributed by atoms with Crippen LogP contribution in [0.5, 0.6) is 5.75 Å². The molecular weight excluding hydrogens is 342 g/mol. The first-order valence-corrected chi connectivity index (χ1v) is 9.35. The zero-order valence-electron chi connectivity index (χ0n) is 14.7. The lowest BCUT2D eigenvalue weighted by Gasteiger charge is -2.08. The van der Waals surface area contributed by atoms with Gasteiger partial charge in [0.25, 0.3) is 0 Å². The molecule has 0 saturated carbocycles. The Kier molecular flexibility index (Phi) is 5.81. The Labute approximate surface area is 157 Å². The standard InChI is InChI=1S/C21H21N3OS/c1-3-14-22-21-24(20(15-26-21)17-8-6-5-7-9-17)23-19(4-2)16-10-12-18(25)13-11-16/h3,5-13,15,25H,1,4,14H2,2H3. The van der Waals surface area contributed by atoms with Crippen LogP contribution in [-0.4, -0.2) is 22.0 Å². The van der Waals surface area contributed by atoms with Crippen LogP contribution in [0.25, 0.3) is 11.3 Å². The predicted molar refractivity (Wildman–Crippen MR) is 109 cm³/mol. The van der Waals surface area contributed by atoms with E-state index in [9.17, 15) is 5.11 Å². The molecule has 4 nitrogen and oxygen atoms in total. The van der Waals surface area contributed by atoms with Gasteiger partial charge in [-0.05, 0) is 36.2 Å². The summed E-state index contributed by atoms with van der Waals surface area (Å²) in [6.07, 6.45) is 2.54. The molecule has 3 rings (SSSR count). The molecule has 0 spiro atoms. The summed E-state index contributed by atoms with van der Waals surface area (Å²) < 4.78 is 1.90. The first-order valence-electron chi connectivity index (χ1n) is 8.47. The fraction of sp³-hybridized carbons (Fsp3) is 0.143. The smallest absolute Gasteiger partial charge is 0.206 e. The lowest BCUT2D eigenvalue weighted by molar-refractivity contribution is 0.475. The van der Waals surface area contributed by atoms with E-state index in [0.717, 1.165) is 33.8 Å². The fourth-order valence-electron chi connectivity index (χ4n) is 2.56. The van der Waals surface area contributed by atoms with E-state index in [-0.39, 0.29) is 5.75 Å². The highest BCUT2D eigenvalue weighted by molar-refractivity contribution is 7.07. The monoisotopic (exact) mass is 363 g/mol. The first kappa shape index (κ1) is 17.9. The molecule has 0 radical (unpaired) electrons. The Morgan fingerprint density at radius 3 is 2.54 bits per heavy atom.